The average Bonchev–Trinajstić information content (AvgIpc) is 2.58. The Kier molecular flexibility index (Phi) is 5.53. The highest BCUT2D eigenvalue weighted by Gasteiger charge is 2.15. The molecule has 16 heavy (non-hydrogen) atoms. The van der Waals surface area contributed by atoms with Gasteiger partial charge in [-0.15, -0.1) is 0 Å². The van der Waals surface area contributed by atoms with Gasteiger partial charge >= 0.3 is 0 Å². The number of rotatable bonds is 7. The number of nitrogens with one attached hydrogen (secondary N) is 1. The van der Waals surface area contributed by atoms with Gasteiger partial charge in [-0.05, 0) is 33.7 Å². The second-order valence-electron chi connectivity index (χ2n) is 4.47. The van der Waals surface area contributed by atoms with Gasteiger partial charge in [0.25, 0.3) is 0 Å². The van der Waals surface area contributed by atoms with Crippen molar-refractivity contribution in [2.24, 2.45) is 0 Å². The lowest BCUT2D eigenvalue weighted by atomic mass is 10.1. The summed E-state index contributed by atoms with van der Waals surface area (Å²) in [6.07, 6.45) is 5.19. The molecule has 92 valence electrons. The summed E-state index contributed by atoms with van der Waals surface area (Å²) in [5.74, 6) is 0.936. The van der Waals surface area contributed by atoms with Gasteiger partial charge in [0, 0.05) is 11.6 Å². The zero-order valence-corrected chi connectivity index (χ0v) is 11.0. The molecule has 1 aromatic heterocycles. The van der Waals surface area contributed by atoms with Crippen LogP contribution in [0.5, 0.6) is 0 Å². The van der Waals surface area contributed by atoms with Crippen molar-refractivity contribution in [3.8, 4) is 0 Å². The topological polar surface area (TPSA) is 38.1 Å². The molecule has 0 saturated heterocycles. The molecule has 0 aliphatic heterocycles. The van der Waals surface area contributed by atoms with Gasteiger partial charge in [0.05, 0.1) is 5.69 Å². The zero-order valence-electron chi connectivity index (χ0n) is 11.0. The van der Waals surface area contributed by atoms with Crippen molar-refractivity contribution in [1.29, 1.82) is 0 Å². The maximum Gasteiger partial charge on any atom is 0.138 e. The zero-order chi connectivity index (χ0) is 12.0. The number of unbranched alkanes of at least 4 members (excludes halogenated alkanes) is 3. The monoisotopic (exact) mass is 224 g/mol. The van der Waals surface area contributed by atoms with Gasteiger partial charge in [-0.1, -0.05) is 31.3 Å². The Labute approximate surface area is 98.6 Å². The Balaban J connectivity index is 2.32. The first-order valence-electron chi connectivity index (χ1n) is 6.33. The molecule has 0 radical (unpaired) electrons. The molecule has 0 aromatic carbocycles. The predicted molar refractivity (Wildman–Crippen MR) is 66.5 cm³/mol. The number of aryl methyl sites for hydroxylation is 2. The summed E-state index contributed by atoms with van der Waals surface area (Å²) in [6.45, 7) is 9.46. The molecule has 0 amide bonds. The van der Waals surface area contributed by atoms with Crippen LogP contribution in [0.1, 0.15) is 62.6 Å². The standard InChI is InChI=1S/C13H24N2O/c1-5-6-7-8-9-14-10(2)13-11(3)15-16-12(13)4/h10,14H,5-9H2,1-4H3. The highest BCUT2D eigenvalue weighted by atomic mass is 16.5. The maximum absolute atomic E-state index is 5.17. The van der Waals surface area contributed by atoms with Crippen molar-refractivity contribution in [2.75, 3.05) is 6.54 Å². The number of nitrogens with zero attached hydrogens (tertiary/aromatic N) is 1. The Hall–Kier alpha value is -0.830. The van der Waals surface area contributed by atoms with Crippen molar-refractivity contribution in [2.45, 2.75) is 59.4 Å². The van der Waals surface area contributed by atoms with E-state index in [-0.39, 0.29) is 0 Å². The maximum atomic E-state index is 5.17. The van der Waals surface area contributed by atoms with Crippen LogP contribution in [0.25, 0.3) is 0 Å². The van der Waals surface area contributed by atoms with Gasteiger partial charge in [0.2, 0.25) is 0 Å². The van der Waals surface area contributed by atoms with E-state index >= 15 is 0 Å². The van der Waals surface area contributed by atoms with E-state index in [0.717, 1.165) is 18.0 Å². The number of aromatic nitrogens is 1. The molecule has 0 spiro atoms. The summed E-state index contributed by atoms with van der Waals surface area (Å²) in [5, 5.41) is 7.51. The summed E-state index contributed by atoms with van der Waals surface area (Å²) in [5.41, 5.74) is 2.22. The summed E-state index contributed by atoms with van der Waals surface area (Å²) in [6, 6.07) is 0.341. The first kappa shape index (κ1) is 13.2. The third kappa shape index (κ3) is 3.63. The molecule has 0 aliphatic rings. The quantitative estimate of drug-likeness (QED) is 0.720. The van der Waals surface area contributed by atoms with E-state index in [1.807, 2.05) is 13.8 Å². The van der Waals surface area contributed by atoms with Crippen LogP contribution in [0.15, 0.2) is 4.52 Å². The minimum atomic E-state index is 0.341. The summed E-state index contributed by atoms with van der Waals surface area (Å²) in [4.78, 5) is 0. The van der Waals surface area contributed by atoms with Crippen LogP contribution in [0.3, 0.4) is 0 Å². The second kappa shape index (κ2) is 6.69. The van der Waals surface area contributed by atoms with Crippen LogP contribution in [0.4, 0.5) is 0 Å². The third-order valence-corrected chi connectivity index (χ3v) is 3.00. The molecule has 1 rings (SSSR count). The summed E-state index contributed by atoms with van der Waals surface area (Å²) < 4.78 is 5.17. The van der Waals surface area contributed by atoms with Crippen LogP contribution in [-0.2, 0) is 0 Å². The van der Waals surface area contributed by atoms with Crippen molar-refractivity contribution < 1.29 is 4.52 Å². The van der Waals surface area contributed by atoms with Crippen molar-refractivity contribution >= 4 is 0 Å². The van der Waals surface area contributed by atoms with E-state index in [4.69, 9.17) is 4.52 Å². The Morgan fingerprint density at radius 1 is 1.25 bits per heavy atom. The molecule has 1 heterocycles. The lowest BCUT2D eigenvalue weighted by molar-refractivity contribution is 0.390. The number of hydrogen-bond acceptors (Lipinski definition) is 3. The molecule has 1 atom stereocenters. The van der Waals surface area contributed by atoms with Crippen molar-refractivity contribution in [1.82, 2.24) is 10.5 Å². The van der Waals surface area contributed by atoms with Gasteiger partial charge in [-0.25, -0.2) is 0 Å². The van der Waals surface area contributed by atoms with Gasteiger partial charge < -0.3 is 9.84 Å². The molecule has 1 aromatic rings. The lowest BCUT2D eigenvalue weighted by Crippen LogP contribution is -2.20. The highest BCUT2D eigenvalue weighted by molar-refractivity contribution is 5.24. The van der Waals surface area contributed by atoms with Gasteiger partial charge in [0.1, 0.15) is 5.76 Å². The van der Waals surface area contributed by atoms with Gasteiger partial charge in [-0.2, -0.15) is 0 Å². The van der Waals surface area contributed by atoms with Crippen LogP contribution in [0, 0.1) is 13.8 Å². The minimum Gasteiger partial charge on any atom is -0.361 e. The Morgan fingerprint density at radius 2 is 2.00 bits per heavy atom. The van der Waals surface area contributed by atoms with E-state index in [1.165, 1.54) is 31.2 Å². The molecule has 0 saturated carbocycles. The highest BCUT2D eigenvalue weighted by Crippen LogP contribution is 2.20. The molecular formula is C13H24N2O. The lowest BCUT2D eigenvalue weighted by Gasteiger charge is -2.13. The summed E-state index contributed by atoms with van der Waals surface area (Å²) >= 11 is 0. The second-order valence-corrected chi connectivity index (χ2v) is 4.47. The smallest absolute Gasteiger partial charge is 0.138 e. The molecular weight excluding hydrogens is 200 g/mol. The Morgan fingerprint density at radius 3 is 2.56 bits per heavy atom. The SMILES string of the molecule is CCCCCCNC(C)c1c(C)noc1C. The van der Waals surface area contributed by atoms with Crippen LogP contribution >= 0.6 is 0 Å². The fourth-order valence-electron chi connectivity index (χ4n) is 2.08. The first-order chi connectivity index (χ1) is 7.66. The summed E-state index contributed by atoms with van der Waals surface area (Å²) in [7, 11) is 0. The Bertz CT molecular complexity index is 287. The third-order valence-electron chi connectivity index (χ3n) is 3.00. The molecule has 1 unspecified atom stereocenters. The largest absolute Gasteiger partial charge is 0.361 e. The molecule has 1 N–H and O–H groups in total. The van der Waals surface area contributed by atoms with Crippen molar-refractivity contribution in [3.63, 3.8) is 0 Å². The van der Waals surface area contributed by atoms with E-state index in [0.29, 0.717) is 6.04 Å². The predicted octanol–water partition coefficient (Wildman–Crippen LogP) is 3.52. The van der Waals surface area contributed by atoms with E-state index in [1.54, 1.807) is 0 Å². The first-order valence-corrected chi connectivity index (χ1v) is 6.33. The fraction of sp³-hybridized carbons (Fsp3) is 0.769. The van der Waals surface area contributed by atoms with E-state index in [9.17, 15) is 0 Å². The minimum absolute atomic E-state index is 0.341. The fourth-order valence-corrected chi connectivity index (χ4v) is 2.08. The van der Waals surface area contributed by atoms with Crippen LogP contribution in [-0.4, -0.2) is 11.7 Å². The van der Waals surface area contributed by atoms with E-state index in [2.05, 4.69) is 24.3 Å². The van der Waals surface area contributed by atoms with Gasteiger partial charge in [-0.3, -0.25) is 0 Å². The van der Waals surface area contributed by atoms with Crippen LogP contribution in [0.2, 0.25) is 0 Å². The number of hydrogen-bond donors (Lipinski definition) is 1. The average molecular weight is 224 g/mol. The molecule has 0 fully saturated rings. The molecule has 0 aliphatic carbocycles. The van der Waals surface area contributed by atoms with Crippen LogP contribution < -0.4 is 5.32 Å². The normalized spacial score (nSPS) is 13.0. The van der Waals surface area contributed by atoms with Crippen molar-refractivity contribution in [3.05, 3.63) is 17.0 Å². The molecule has 0 bridgehead atoms. The molecule has 3 nitrogen and oxygen atoms in total. The van der Waals surface area contributed by atoms with Gasteiger partial charge in [0.15, 0.2) is 0 Å². The van der Waals surface area contributed by atoms with E-state index < -0.39 is 0 Å². The molecule has 3 heteroatoms.